The Morgan fingerprint density at radius 2 is 1.34 bits per heavy atom. The van der Waals surface area contributed by atoms with Crippen LogP contribution in [0.15, 0.2) is 64.8 Å². The van der Waals surface area contributed by atoms with E-state index in [-0.39, 0.29) is 22.8 Å². The van der Waals surface area contributed by atoms with Crippen molar-refractivity contribution in [1.82, 2.24) is 9.78 Å². The van der Waals surface area contributed by atoms with Gasteiger partial charge in [-0.3, -0.25) is 10.2 Å². The first-order valence-electron chi connectivity index (χ1n) is 10.5. The summed E-state index contributed by atoms with van der Waals surface area (Å²) in [5.41, 5.74) is 1.78. The largest absolute Gasteiger partial charge is 0.506 e. The first-order chi connectivity index (χ1) is 15.0. The van der Waals surface area contributed by atoms with Crippen LogP contribution >= 0.6 is 0 Å². The average molecular weight is 447 g/mol. The highest BCUT2D eigenvalue weighted by Crippen LogP contribution is 2.40. The minimum absolute atomic E-state index is 0. The second kappa shape index (κ2) is 13.9. The fourth-order valence-electron chi connectivity index (χ4n) is 2.47. The molecule has 4 N–H and O–H groups in total. The van der Waals surface area contributed by atoms with Crippen molar-refractivity contribution in [2.24, 2.45) is 10.2 Å². The summed E-state index contributed by atoms with van der Waals surface area (Å²) >= 11 is 0. The van der Waals surface area contributed by atoms with Gasteiger partial charge in [0.2, 0.25) is 0 Å². The first kappa shape index (κ1) is 28.7. The summed E-state index contributed by atoms with van der Waals surface area (Å²) in [5, 5.41) is 33.0. The smallest absolute Gasteiger partial charge is 0.412 e. The molecule has 9 heteroatoms. The number of azo groups is 1. The quantitative estimate of drug-likeness (QED) is 0.495. The Morgan fingerprint density at radius 1 is 0.781 bits per heavy atom. The van der Waals surface area contributed by atoms with E-state index in [0.29, 0.717) is 17.1 Å². The standard InChI is InChI=1S/C17H14N4O4.3C2H6.H2O/c1-11-15-16(21(20-11)12-7-3-2-4-8-12)25-17(22,23)24-14-10-6-5-9-13(14)18-19-15;3*1-2;/h2-10,22-23H,1H3;3*1-2H3;1H2. The first-order valence-corrected chi connectivity index (χ1v) is 10.5. The summed E-state index contributed by atoms with van der Waals surface area (Å²) in [6.07, 6.45) is -2.92. The van der Waals surface area contributed by atoms with Gasteiger partial charge in [0.15, 0.2) is 11.4 Å². The van der Waals surface area contributed by atoms with Gasteiger partial charge >= 0.3 is 6.16 Å². The number of para-hydroxylation sites is 2. The third-order valence-corrected chi connectivity index (χ3v) is 3.58. The number of aliphatic hydroxyl groups is 2. The number of fused-ring (bicyclic) bond motifs is 2. The molecule has 3 aromatic rings. The van der Waals surface area contributed by atoms with Crippen LogP contribution < -0.4 is 9.47 Å². The minimum atomic E-state index is -2.92. The molecule has 1 aliphatic heterocycles. The van der Waals surface area contributed by atoms with E-state index >= 15 is 0 Å². The van der Waals surface area contributed by atoms with Crippen molar-refractivity contribution >= 4 is 11.4 Å². The van der Waals surface area contributed by atoms with Crippen LogP contribution in [0.1, 0.15) is 47.2 Å². The molecule has 1 aliphatic rings. The molecule has 0 bridgehead atoms. The van der Waals surface area contributed by atoms with Crippen LogP contribution in [0.4, 0.5) is 11.4 Å². The predicted molar refractivity (Wildman–Crippen MR) is 125 cm³/mol. The number of ether oxygens (including phenoxy) is 2. The van der Waals surface area contributed by atoms with E-state index in [1.54, 1.807) is 37.3 Å². The van der Waals surface area contributed by atoms with Crippen LogP contribution in [0.3, 0.4) is 0 Å². The Bertz CT molecular complexity index is 956. The molecule has 0 amide bonds. The number of aromatic nitrogens is 2. The SMILES string of the molecule is CC.CC.CC.Cc1nn(-c2ccccc2)c2c1N=Nc1ccccc1OC(O)(O)O2.O. The number of nitrogens with zero attached hydrogens (tertiary/aromatic N) is 4. The maximum atomic E-state index is 10.2. The molecule has 0 saturated carbocycles. The zero-order chi connectivity index (χ0) is 23.4. The van der Waals surface area contributed by atoms with Crippen LogP contribution in [-0.4, -0.2) is 31.6 Å². The molecule has 1 aromatic heterocycles. The number of aryl methyl sites for hydroxylation is 1. The molecule has 2 aromatic carbocycles. The molecule has 4 rings (SSSR count). The van der Waals surface area contributed by atoms with E-state index in [1.807, 2.05) is 59.7 Å². The van der Waals surface area contributed by atoms with Gasteiger partial charge in [0.25, 0.3) is 5.88 Å². The summed E-state index contributed by atoms with van der Waals surface area (Å²) in [7, 11) is 0. The van der Waals surface area contributed by atoms with E-state index in [1.165, 1.54) is 10.7 Å². The molecule has 0 saturated heterocycles. The molecule has 0 atom stereocenters. The highest BCUT2D eigenvalue weighted by molar-refractivity contribution is 5.57. The van der Waals surface area contributed by atoms with Crippen LogP contribution in [0.25, 0.3) is 5.69 Å². The number of hydrogen-bond donors (Lipinski definition) is 2. The lowest BCUT2D eigenvalue weighted by Gasteiger charge is -2.22. The zero-order valence-corrected chi connectivity index (χ0v) is 19.7. The van der Waals surface area contributed by atoms with E-state index in [0.717, 1.165) is 0 Å². The Balaban J connectivity index is 0.00000127. The van der Waals surface area contributed by atoms with Crippen LogP contribution in [0, 0.1) is 6.92 Å². The van der Waals surface area contributed by atoms with Gasteiger partial charge in [-0.1, -0.05) is 71.9 Å². The van der Waals surface area contributed by atoms with E-state index in [9.17, 15) is 10.2 Å². The van der Waals surface area contributed by atoms with E-state index in [4.69, 9.17) is 9.47 Å². The van der Waals surface area contributed by atoms with Crippen LogP contribution in [-0.2, 0) is 0 Å². The molecule has 0 unspecified atom stereocenters. The fraction of sp³-hybridized carbons (Fsp3) is 0.348. The third-order valence-electron chi connectivity index (χ3n) is 3.58. The van der Waals surface area contributed by atoms with E-state index in [2.05, 4.69) is 15.3 Å². The highest BCUT2D eigenvalue weighted by Gasteiger charge is 2.35. The van der Waals surface area contributed by atoms with Gasteiger partial charge in [-0.2, -0.15) is 9.78 Å². The van der Waals surface area contributed by atoms with E-state index < -0.39 is 6.16 Å². The molecular formula is C23H34N4O5. The monoisotopic (exact) mass is 446 g/mol. The van der Waals surface area contributed by atoms with Crippen molar-refractivity contribution in [1.29, 1.82) is 0 Å². The lowest BCUT2D eigenvalue weighted by atomic mass is 10.3. The van der Waals surface area contributed by atoms with Gasteiger partial charge in [0.1, 0.15) is 5.69 Å². The minimum Gasteiger partial charge on any atom is -0.412 e. The fourth-order valence-corrected chi connectivity index (χ4v) is 2.47. The van der Waals surface area contributed by atoms with Gasteiger partial charge in [0.05, 0.1) is 11.4 Å². The molecule has 9 nitrogen and oxygen atoms in total. The summed E-state index contributed by atoms with van der Waals surface area (Å²) in [4.78, 5) is 0. The zero-order valence-electron chi connectivity index (χ0n) is 19.7. The summed E-state index contributed by atoms with van der Waals surface area (Å²) in [6, 6.07) is 15.7. The predicted octanol–water partition coefficient (Wildman–Crippen LogP) is 5.22. The number of hydrogen-bond acceptors (Lipinski definition) is 7. The van der Waals surface area contributed by atoms with Crippen molar-refractivity contribution in [3.05, 3.63) is 60.3 Å². The second-order valence-corrected chi connectivity index (χ2v) is 5.41. The van der Waals surface area contributed by atoms with Gasteiger partial charge in [-0.15, -0.1) is 10.2 Å². The molecular weight excluding hydrogens is 412 g/mol. The Hall–Kier alpha value is -3.27. The third kappa shape index (κ3) is 6.88. The Kier molecular flexibility index (Phi) is 12.5. The number of benzene rings is 2. The molecule has 0 spiro atoms. The molecule has 32 heavy (non-hydrogen) atoms. The summed E-state index contributed by atoms with van der Waals surface area (Å²) in [5.74, 6) is 0.128. The van der Waals surface area contributed by atoms with Crippen molar-refractivity contribution in [2.45, 2.75) is 54.6 Å². The summed E-state index contributed by atoms with van der Waals surface area (Å²) < 4.78 is 11.9. The van der Waals surface area contributed by atoms with Crippen molar-refractivity contribution < 1.29 is 25.2 Å². The molecule has 176 valence electrons. The average Bonchev–Trinajstić information content (AvgIpc) is 3.14. The van der Waals surface area contributed by atoms with Gasteiger partial charge in [-0.25, -0.2) is 0 Å². The van der Waals surface area contributed by atoms with Crippen LogP contribution in [0.5, 0.6) is 11.6 Å². The van der Waals surface area contributed by atoms with Crippen molar-refractivity contribution in [3.63, 3.8) is 0 Å². The molecule has 0 aliphatic carbocycles. The lowest BCUT2D eigenvalue weighted by molar-refractivity contribution is -0.403. The summed E-state index contributed by atoms with van der Waals surface area (Å²) in [6.45, 7) is 13.7. The van der Waals surface area contributed by atoms with Gasteiger partial charge < -0.3 is 14.9 Å². The maximum Gasteiger partial charge on any atom is 0.506 e. The molecule has 0 fully saturated rings. The topological polar surface area (TPSA) is 133 Å². The normalized spacial score (nSPS) is 12.3. The highest BCUT2D eigenvalue weighted by atomic mass is 16.9. The molecule has 2 heterocycles. The van der Waals surface area contributed by atoms with Gasteiger partial charge in [-0.05, 0) is 31.2 Å². The Morgan fingerprint density at radius 3 is 1.97 bits per heavy atom. The van der Waals surface area contributed by atoms with Crippen molar-refractivity contribution in [3.8, 4) is 17.3 Å². The maximum absolute atomic E-state index is 10.2. The van der Waals surface area contributed by atoms with Crippen molar-refractivity contribution in [2.75, 3.05) is 0 Å². The Labute approximate surface area is 189 Å². The lowest BCUT2D eigenvalue weighted by Crippen LogP contribution is -2.42. The number of rotatable bonds is 1. The van der Waals surface area contributed by atoms with Crippen LogP contribution in [0.2, 0.25) is 0 Å². The molecule has 0 radical (unpaired) electrons. The van der Waals surface area contributed by atoms with Gasteiger partial charge in [0, 0.05) is 0 Å². The second-order valence-electron chi connectivity index (χ2n) is 5.41.